The number of halogens is 1. The second-order valence-electron chi connectivity index (χ2n) is 3.61. The number of nitrogens with two attached hydrogens (primary N) is 1. The summed E-state index contributed by atoms with van der Waals surface area (Å²) in [5.41, 5.74) is 7.43. The molecule has 7 heteroatoms. The van der Waals surface area contributed by atoms with Crippen molar-refractivity contribution >= 4 is 38.8 Å². The number of amidine groups is 1. The lowest BCUT2D eigenvalue weighted by Gasteiger charge is -2.08. The highest BCUT2D eigenvalue weighted by atomic mass is 35.5. The zero-order valence-electron chi connectivity index (χ0n) is 9.57. The van der Waals surface area contributed by atoms with E-state index in [4.69, 9.17) is 17.3 Å². The quantitative estimate of drug-likeness (QED) is 0.497. The second-order valence-corrected chi connectivity index (χ2v) is 5.63. The molecule has 0 heterocycles. The Balaban J connectivity index is 3.02. The molecule has 0 aliphatic heterocycles. The Morgan fingerprint density at radius 1 is 1.53 bits per heavy atom. The van der Waals surface area contributed by atoms with Crippen molar-refractivity contribution in [2.24, 2.45) is 10.7 Å². The van der Waals surface area contributed by atoms with Crippen molar-refractivity contribution in [1.82, 2.24) is 0 Å². The maximum atomic E-state index is 11.1. The van der Waals surface area contributed by atoms with Gasteiger partial charge < -0.3 is 5.73 Å². The SMILES string of the molecule is Cc1cc(N=C(N)CCl)ccc1NS(C)(=O)=O. The van der Waals surface area contributed by atoms with Gasteiger partial charge in [0, 0.05) is 0 Å². The van der Waals surface area contributed by atoms with E-state index in [2.05, 4.69) is 9.71 Å². The Bertz CT molecular complexity index is 540. The first-order chi connectivity index (χ1) is 7.81. The average molecular weight is 276 g/mol. The molecule has 1 aromatic carbocycles. The number of aliphatic imine (C=N–C) groups is 1. The highest BCUT2D eigenvalue weighted by Crippen LogP contribution is 2.22. The van der Waals surface area contributed by atoms with Gasteiger partial charge >= 0.3 is 0 Å². The normalized spacial score (nSPS) is 12.5. The Kier molecular flexibility index (Phi) is 4.36. The van der Waals surface area contributed by atoms with Gasteiger partial charge in [0.1, 0.15) is 5.84 Å². The molecule has 94 valence electrons. The van der Waals surface area contributed by atoms with Crippen LogP contribution in [0.3, 0.4) is 0 Å². The smallest absolute Gasteiger partial charge is 0.229 e. The van der Waals surface area contributed by atoms with Crippen LogP contribution in [0.5, 0.6) is 0 Å². The van der Waals surface area contributed by atoms with Gasteiger partial charge in [-0.3, -0.25) is 4.72 Å². The van der Waals surface area contributed by atoms with Crippen LogP contribution in [-0.2, 0) is 10.0 Å². The molecule has 0 unspecified atom stereocenters. The van der Waals surface area contributed by atoms with Gasteiger partial charge in [-0.15, -0.1) is 11.6 Å². The molecule has 0 aliphatic rings. The zero-order valence-corrected chi connectivity index (χ0v) is 11.1. The van der Waals surface area contributed by atoms with Gasteiger partial charge in [0.2, 0.25) is 10.0 Å². The predicted molar refractivity (Wildman–Crippen MR) is 71.6 cm³/mol. The molecule has 0 amide bonds. The van der Waals surface area contributed by atoms with Crippen molar-refractivity contribution in [3.8, 4) is 0 Å². The number of anilines is 1. The number of aryl methyl sites for hydroxylation is 1. The number of nitrogens with zero attached hydrogens (tertiary/aromatic N) is 1. The average Bonchev–Trinajstić information content (AvgIpc) is 2.20. The molecular weight excluding hydrogens is 262 g/mol. The maximum absolute atomic E-state index is 11.1. The Labute approximate surface area is 106 Å². The van der Waals surface area contributed by atoms with Crippen molar-refractivity contribution in [2.75, 3.05) is 16.9 Å². The maximum Gasteiger partial charge on any atom is 0.229 e. The van der Waals surface area contributed by atoms with E-state index in [1.807, 2.05) is 0 Å². The molecule has 1 rings (SSSR count). The first-order valence-corrected chi connectivity index (χ1v) is 7.22. The molecule has 17 heavy (non-hydrogen) atoms. The highest BCUT2D eigenvalue weighted by molar-refractivity contribution is 7.92. The lowest BCUT2D eigenvalue weighted by Crippen LogP contribution is -2.12. The second kappa shape index (κ2) is 5.37. The number of alkyl halides is 1. The van der Waals surface area contributed by atoms with Crippen LogP contribution in [0.25, 0.3) is 0 Å². The lowest BCUT2D eigenvalue weighted by molar-refractivity contribution is 0.607. The summed E-state index contributed by atoms with van der Waals surface area (Å²) in [6.45, 7) is 1.78. The van der Waals surface area contributed by atoms with Crippen LogP contribution in [0.4, 0.5) is 11.4 Å². The van der Waals surface area contributed by atoms with E-state index in [1.165, 1.54) is 0 Å². The van der Waals surface area contributed by atoms with Crippen molar-refractivity contribution in [3.63, 3.8) is 0 Å². The first-order valence-electron chi connectivity index (χ1n) is 4.79. The minimum absolute atomic E-state index is 0.155. The number of benzene rings is 1. The number of hydrogen-bond donors (Lipinski definition) is 2. The van der Waals surface area contributed by atoms with Crippen LogP contribution in [0.15, 0.2) is 23.2 Å². The van der Waals surface area contributed by atoms with E-state index in [0.717, 1.165) is 11.8 Å². The van der Waals surface area contributed by atoms with E-state index in [9.17, 15) is 8.42 Å². The lowest BCUT2D eigenvalue weighted by atomic mass is 10.2. The van der Waals surface area contributed by atoms with Gasteiger partial charge in [-0.05, 0) is 30.7 Å². The topological polar surface area (TPSA) is 84.5 Å². The van der Waals surface area contributed by atoms with Crippen molar-refractivity contribution < 1.29 is 8.42 Å². The third-order valence-corrected chi connectivity index (χ3v) is 2.78. The monoisotopic (exact) mass is 275 g/mol. The Hall–Kier alpha value is -1.27. The first kappa shape index (κ1) is 13.8. The van der Waals surface area contributed by atoms with Crippen molar-refractivity contribution in [2.45, 2.75) is 6.92 Å². The minimum Gasteiger partial charge on any atom is -0.386 e. The number of hydrogen-bond acceptors (Lipinski definition) is 3. The van der Waals surface area contributed by atoms with E-state index in [-0.39, 0.29) is 5.88 Å². The molecule has 0 aliphatic carbocycles. The number of nitrogens with one attached hydrogen (secondary N) is 1. The van der Waals surface area contributed by atoms with E-state index < -0.39 is 10.0 Å². The highest BCUT2D eigenvalue weighted by Gasteiger charge is 2.05. The summed E-state index contributed by atoms with van der Waals surface area (Å²) < 4.78 is 24.6. The molecule has 3 N–H and O–H groups in total. The predicted octanol–water partition coefficient (Wildman–Crippen LogP) is 1.59. The van der Waals surface area contributed by atoms with Crippen LogP contribution in [0, 0.1) is 6.92 Å². The van der Waals surface area contributed by atoms with Crippen LogP contribution in [-0.4, -0.2) is 26.4 Å². The van der Waals surface area contributed by atoms with Gasteiger partial charge in [-0.1, -0.05) is 0 Å². The van der Waals surface area contributed by atoms with Gasteiger partial charge in [0.25, 0.3) is 0 Å². The molecule has 0 spiro atoms. The molecule has 0 fully saturated rings. The van der Waals surface area contributed by atoms with Crippen LogP contribution < -0.4 is 10.5 Å². The summed E-state index contributed by atoms with van der Waals surface area (Å²) in [6.07, 6.45) is 1.10. The summed E-state index contributed by atoms with van der Waals surface area (Å²) in [5.74, 6) is 0.470. The van der Waals surface area contributed by atoms with E-state index in [0.29, 0.717) is 17.2 Å². The molecule has 0 atom stereocenters. The summed E-state index contributed by atoms with van der Waals surface area (Å²) in [6, 6.07) is 5.03. The summed E-state index contributed by atoms with van der Waals surface area (Å²) in [7, 11) is -3.27. The molecule has 0 bridgehead atoms. The zero-order chi connectivity index (χ0) is 13.1. The summed E-state index contributed by atoms with van der Waals surface area (Å²) in [4.78, 5) is 4.06. The van der Waals surface area contributed by atoms with Gasteiger partial charge in [0.15, 0.2) is 0 Å². The summed E-state index contributed by atoms with van der Waals surface area (Å²) in [5, 5.41) is 0. The molecule has 0 aromatic heterocycles. The third kappa shape index (κ3) is 4.62. The molecule has 0 saturated heterocycles. The standard InChI is InChI=1S/C10H14ClN3O2S/c1-7-5-8(13-10(12)6-11)3-4-9(7)14-17(2,15)16/h3-5,14H,6H2,1-2H3,(H2,12,13). The Morgan fingerprint density at radius 3 is 2.65 bits per heavy atom. The summed E-state index contributed by atoms with van der Waals surface area (Å²) >= 11 is 5.51. The molecular formula is C10H14ClN3O2S. The molecule has 5 nitrogen and oxygen atoms in total. The van der Waals surface area contributed by atoms with Crippen molar-refractivity contribution in [3.05, 3.63) is 23.8 Å². The molecule has 0 radical (unpaired) electrons. The third-order valence-electron chi connectivity index (χ3n) is 1.91. The van der Waals surface area contributed by atoms with Gasteiger partial charge in [0.05, 0.1) is 23.5 Å². The van der Waals surface area contributed by atoms with Crippen LogP contribution in [0.2, 0.25) is 0 Å². The van der Waals surface area contributed by atoms with E-state index in [1.54, 1.807) is 25.1 Å². The minimum atomic E-state index is -3.27. The fourth-order valence-electron chi connectivity index (χ4n) is 1.23. The molecule has 0 saturated carbocycles. The Morgan fingerprint density at radius 2 is 2.18 bits per heavy atom. The van der Waals surface area contributed by atoms with Gasteiger partial charge in [-0.2, -0.15) is 0 Å². The van der Waals surface area contributed by atoms with Gasteiger partial charge in [-0.25, -0.2) is 13.4 Å². The van der Waals surface area contributed by atoms with Crippen LogP contribution in [0.1, 0.15) is 5.56 Å². The number of rotatable bonds is 4. The largest absolute Gasteiger partial charge is 0.386 e. The van der Waals surface area contributed by atoms with Crippen LogP contribution >= 0.6 is 11.6 Å². The molecule has 1 aromatic rings. The fourth-order valence-corrected chi connectivity index (χ4v) is 1.92. The van der Waals surface area contributed by atoms with E-state index >= 15 is 0 Å². The van der Waals surface area contributed by atoms with Crippen molar-refractivity contribution in [1.29, 1.82) is 0 Å². The number of sulfonamides is 1. The fraction of sp³-hybridized carbons (Fsp3) is 0.300.